The van der Waals surface area contributed by atoms with E-state index in [2.05, 4.69) is 35.6 Å². The van der Waals surface area contributed by atoms with Gasteiger partial charge in [0.2, 0.25) is 0 Å². The molecule has 0 aromatic carbocycles. The molecule has 1 aromatic rings. The molecule has 2 bridgehead atoms. The molecule has 1 atom stereocenters. The lowest BCUT2D eigenvalue weighted by atomic mass is 9.92. The zero-order chi connectivity index (χ0) is 13.6. The molecule has 0 amide bonds. The summed E-state index contributed by atoms with van der Waals surface area (Å²) in [4.78, 5) is 14.2. The average Bonchev–Trinajstić information content (AvgIpc) is 2.38. The fourth-order valence-electron chi connectivity index (χ4n) is 2.83. The summed E-state index contributed by atoms with van der Waals surface area (Å²) in [6, 6.07) is 2.20. The van der Waals surface area contributed by atoms with Crippen molar-refractivity contribution in [2.75, 3.05) is 32.7 Å². The maximum absolute atomic E-state index is 6.19. The first-order chi connectivity index (χ1) is 8.93. The van der Waals surface area contributed by atoms with Crippen LogP contribution in [0.5, 0.6) is 0 Å². The highest BCUT2D eigenvalue weighted by Gasteiger charge is 2.35. The van der Waals surface area contributed by atoms with Gasteiger partial charge in [0.05, 0.1) is 11.7 Å². The number of fused-ring (bicyclic) bond motifs is 3. The van der Waals surface area contributed by atoms with Crippen molar-refractivity contribution in [3.05, 3.63) is 22.7 Å². The van der Waals surface area contributed by atoms with Crippen LogP contribution in [0.2, 0.25) is 5.15 Å². The number of rotatable bonds is 1. The van der Waals surface area contributed by atoms with E-state index in [-0.39, 0.29) is 5.41 Å². The average molecular weight is 281 g/mol. The van der Waals surface area contributed by atoms with Gasteiger partial charge >= 0.3 is 0 Å². The third-order valence-electron chi connectivity index (χ3n) is 4.06. The lowest BCUT2D eigenvalue weighted by Gasteiger charge is -2.46. The van der Waals surface area contributed by atoms with Crippen LogP contribution in [0.3, 0.4) is 0 Å². The predicted octanol–water partition coefficient (Wildman–Crippen LogP) is 2.10. The molecule has 0 radical (unpaired) electrons. The van der Waals surface area contributed by atoms with Crippen LogP contribution in [0, 0.1) is 0 Å². The summed E-state index contributed by atoms with van der Waals surface area (Å²) in [5.74, 6) is 0.891. The zero-order valence-corrected chi connectivity index (χ0v) is 12.6. The van der Waals surface area contributed by atoms with Gasteiger partial charge in [-0.1, -0.05) is 32.4 Å². The molecule has 3 aliphatic heterocycles. The van der Waals surface area contributed by atoms with Crippen molar-refractivity contribution in [3.63, 3.8) is 0 Å². The summed E-state index contributed by atoms with van der Waals surface area (Å²) in [5, 5.41) is 0.563. The summed E-state index contributed by atoms with van der Waals surface area (Å²) in [5.41, 5.74) is 1.03. The fraction of sp³-hybridized carbons (Fsp3) is 0.714. The van der Waals surface area contributed by atoms with Gasteiger partial charge in [0.1, 0.15) is 11.0 Å². The van der Waals surface area contributed by atoms with Crippen LogP contribution in [0.1, 0.15) is 38.3 Å². The van der Waals surface area contributed by atoms with Crippen molar-refractivity contribution in [2.24, 2.45) is 0 Å². The standard InChI is InChI=1S/C14H21ClN4/c1-14(2,3)11-8-12(15)17-13(16-11)10-9-18-4-6-19(10)7-5-18/h8,10H,4-7,9H2,1-3H3. The second-order valence-electron chi connectivity index (χ2n) is 6.54. The normalized spacial score (nSPS) is 30.6. The smallest absolute Gasteiger partial charge is 0.148 e. The molecule has 1 aromatic heterocycles. The van der Waals surface area contributed by atoms with Gasteiger partial charge in [-0.25, -0.2) is 9.97 Å². The molecule has 0 saturated carbocycles. The highest BCUT2D eigenvalue weighted by Crippen LogP contribution is 2.29. The first-order valence-corrected chi connectivity index (χ1v) is 7.32. The van der Waals surface area contributed by atoms with E-state index in [0.29, 0.717) is 11.2 Å². The van der Waals surface area contributed by atoms with E-state index in [4.69, 9.17) is 16.6 Å². The quantitative estimate of drug-likeness (QED) is 0.738. The minimum absolute atomic E-state index is 0.00459. The Labute approximate surface area is 119 Å². The van der Waals surface area contributed by atoms with Gasteiger partial charge in [-0.2, -0.15) is 0 Å². The van der Waals surface area contributed by atoms with Crippen molar-refractivity contribution >= 4 is 11.6 Å². The molecule has 4 heterocycles. The molecule has 4 rings (SSSR count). The maximum Gasteiger partial charge on any atom is 0.148 e. The van der Waals surface area contributed by atoms with Gasteiger partial charge < -0.3 is 0 Å². The van der Waals surface area contributed by atoms with E-state index >= 15 is 0 Å². The number of hydrogen-bond acceptors (Lipinski definition) is 4. The molecule has 1 unspecified atom stereocenters. The molecule has 3 saturated heterocycles. The molecule has 0 spiro atoms. The molecule has 3 fully saturated rings. The number of halogens is 1. The van der Waals surface area contributed by atoms with E-state index in [1.807, 2.05) is 6.07 Å². The monoisotopic (exact) mass is 280 g/mol. The van der Waals surface area contributed by atoms with Gasteiger partial charge in [0.15, 0.2) is 0 Å². The second kappa shape index (κ2) is 4.69. The minimum atomic E-state index is 0.00459. The van der Waals surface area contributed by atoms with Crippen LogP contribution in [0.4, 0.5) is 0 Å². The summed E-state index contributed by atoms with van der Waals surface area (Å²) in [6.07, 6.45) is 0. The van der Waals surface area contributed by atoms with Crippen molar-refractivity contribution < 1.29 is 0 Å². The van der Waals surface area contributed by atoms with Crippen LogP contribution in [0.25, 0.3) is 0 Å². The lowest BCUT2D eigenvalue weighted by Crippen LogP contribution is -2.57. The van der Waals surface area contributed by atoms with Crippen LogP contribution < -0.4 is 0 Å². The largest absolute Gasteiger partial charge is 0.299 e. The van der Waals surface area contributed by atoms with Crippen LogP contribution in [-0.4, -0.2) is 52.5 Å². The maximum atomic E-state index is 6.19. The molecular weight excluding hydrogens is 260 g/mol. The highest BCUT2D eigenvalue weighted by molar-refractivity contribution is 6.29. The first kappa shape index (κ1) is 13.3. The SMILES string of the molecule is CC(C)(C)c1cc(Cl)nc(C2CN3CCN2CC3)n1. The first-order valence-electron chi connectivity index (χ1n) is 6.95. The van der Waals surface area contributed by atoms with Crippen molar-refractivity contribution in [1.29, 1.82) is 0 Å². The molecule has 0 aliphatic carbocycles. The Balaban J connectivity index is 1.94. The van der Waals surface area contributed by atoms with Crippen molar-refractivity contribution in [1.82, 2.24) is 19.8 Å². The number of hydrogen-bond donors (Lipinski definition) is 0. The summed E-state index contributed by atoms with van der Waals surface area (Å²) in [7, 11) is 0. The second-order valence-corrected chi connectivity index (χ2v) is 6.92. The van der Waals surface area contributed by atoms with Gasteiger partial charge in [-0.15, -0.1) is 0 Å². The Morgan fingerprint density at radius 1 is 1.16 bits per heavy atom. The van der Waals surface area contributed by atoms with E-state index in [9.17, 15) is 0 Å². The molecule has 19 heavy (non-hydrogen) atoms. The van der Waals surface area contributed by atoms with E-state index < -0.39 is 0 Å². The van der Waals surface area contributed by atoms with E-state index in [1.165, 1.54) is 13.1 Å². The van der Waals surface area contributed by atoms with Crippen LogP contribution >= 0.6 is 11.6 Å². The Hall–Kier alpha value is -0.710. The summed E-state index contributed by atoms with van der Waals surface area (Å²) in [6.45, 7) is 12.1. The third kappa shape index (κ3) is 2.62. The Kier molecular flexibility index (Phi) is 3.28. The molecule has 5 heteroatoms. The van der Waals surface area contributed by atoms with E-state index in [1.54, 1.807) is 0 Å². The molecule has 104 valence electrons. The Bertz CT molecular complexity index is 475. The van der Waals surface area contributed by atoms with Gasteiger partial charge in [0.25, 0.3) is 0 Å². The van der Waals surface area contributed by atoms with Crippen LogP contribution in [-0.2, 0) is 5.41 Å². The van der Waals surface area contributed by atoms with E-state index in [0.717, 1.165) is 31.2 Å². The lowest BCUT2D eigenvalue weighted by molar-refractivity contribution is 0.00849. The minimum Gasteiger partial charge on any atom is -0.299 e. The van der Waals surface area contributed by atoms with Gasteiger partial charge in [-0.05, 0) is 6.07 Å². The Morgan fingerprint density at radius 2 is 1.84 bits per heavy atom. The fourth-order valence-corrected chi connectivity index (χ4v) is 3.02. The highest BCUT2D eigenvalue weighted by atomic mass is 35.5. The molecule has 3 aliphatic rings. The molecular formula is C14H21ClN4. The van der Waals surface area contributed by atoms with Gasteiger partial charge in [-0.3, -0.25) is 9.80 Å². The summed E-state index contributed by atoms with van der Waals surface area (Å²) < 4.78 is 0. The third-order valence-corrected chi connectivity index (χ3v) is 4.25. The number of nitrogens with zero attached hydrogens (tertiary/aromatic N) is 4. The number of aromatic nitrogens is 2. The van der Waals surface area contributed by atoms with Crippen molar-refractivity contribution in [3.8, 4) is 0 Å². The van der Waals surface area contributed by atoms with Crippen LogP contribution in [0.15, 0.2) is 6.07 Å². The summed E-state index contributed by atoms with van der Waals surface area (Å²) >= 11 is 6.19. The predicted molar refractivity (Wildman–Crippen MR) is 76.5 cm³/mol. The van der Waals surface area contributed by atoms with Crippen molar-refractivity contribution in [2.45, 2.75) is 32.2 Å². The van der Waals surface area contributed by atoms with Gasteiger partial charge in [0, 0.05) is 38.1 Å². The molecule has 4 nitrogen and oxygen atoms in total. The molecule has 0 N–H and O–H groups in total. The topological polar surface area (TPSA) is 32.3 Å². The Morgan fingerprint density at radius 3 is 2.37 bits per heavy atom. The number of piperazine rings is 3. The zero-order valence-electron chi connectivity index (χ0n) is 11.9.